The van der Waals surface area contributed by atoms with Crippen molar-refractivity contribution in [3.05, 3.63) is 46.7 Å². The Morgan fingerprint density at radius 2 is 1.97 bits per heavy atom. The number of thiazole rings is 1. The van der Waals surface area contributed by atoms with Gasteiger partial charge in [0.05, 0.1) is 11.4 Å². The Morgan fingerprint density at radius 3 is 2.62 bits per heavy atom. The molecule has 0 unspecified atom stereocenters. The largest absolute Gasteiger partial charge is 0.370 e. The Hall–Kier alpha value is -2.59. The Balaban J connectivity index is 1.64. The molecule has 1 aliphatic carbocycles. The summed E-state index contributed by atoms with van der Waals surface area (Å²) in [6.07, 6.45) is 1.93. The molecule has 4 rings (SSSR count). The molecule has 29 heavy (non-hydrogen) atoms. The smallest absolute Gasteiger partial charge is 0.250 e. The number of aryl methyl sites for hydroxylation is 1. The van der Waals surface area contributed by atoms with Gasteiger partial charge in [0.1, 0.15) is 10.8 Å². The normalized spacial score (nSPS) is 14.2. The topological polar surface area (TPSA) is 121 Å². The fourth-order valence-electron chi connectivity index (χ4n) is 3.11. The van der Waals surface area contributed by atoms with E-state index in [1.54, 1.807) is 11.5 Å². The molecule has 152 valence electrons. The highest BCUT2D eigenvalue weighted by molar-refractivity contribution is 7.90. The second-order valence-corrected chi connectivity index (χ2v) is 10.1. The summed E-state index contributed by atoms with van der Waals surface area (Å²) in [4.78, 5) is 16.4. The summed E-state index contributed by atoms with van der Waals surface area (Å²) < 4.78 is 27.9. The predicted molar refractivity (Wildman–Crippen MR) is 109 cm³/mol. The van der Waals surface area contributed by atoms with E-state index >= 15 is 0 Å². The highest BCUT2D eigenvalue weighted by Gasteiger charge is 2.34. The molecule has 1 aromatic carbocycles. The van der Waals surface area contributed by atoms with Gasteiger partial charge in [-0.15, -0.1) is 21.5 Å². The van der Waals surface area contributed by atoms with Crippen LogP contribution in [0.25, 0.3) is 10.6 Å². The van der Waals surface area contributed by atoms with Crippen LogP contribution in [-0.4, -0.2) is 34.1 Å². The van der Waals surface area contributed by atoms with E-state index in [0.717, 1.165) is 23.4 Å². The van der Waals surface area contributed by atoms with Crippen molar-refractivity contribution in [1.82, 2.24) is 19.7 Å². The Morgan fingerprint density at radius 1 is 1.24 bits per heavy atom. The third-order valence-corrected chi connectivity index (χ3v) is 7.70. The van der Waals surface area contributed by atoms with Crippen LogP contribution >= 0.6 is 11.3 Å². The second-order valence-electron chi connectivity index (χ2n) is 7.14. The van der Waals surface area contributed by atoms with Crippen LogP contribution in [0.4, 0.5) is 0 Å². The van der Waals surface area contributed by atoms with Crippen LogP contribution < -0.4 is 5.73 Å². The van der Waals surface area contributed by atoms with E-state index in [1.165, 1.54) is 11.3 Å². The summed E-state index contributed by atoms with van der Waals surface area (Å²) in [5.41, 5.74) is 6.89. The Bertz CT molecular complexity index is 1150. The van der Waals surface area contributed by atoms with Crippen LogP contribution in [0.1, 0.15) is 41.6 Å². The van der Waals surface area contributed by atoms with Gasteiger partial charge in [0.15, 0.2) is 0 Å². The van der Waals surface area contributed by atoms with Gasteiger partial charge in [-0.2, -0.15) is 0 Å². The standard InChI is InChI=1S/C19H21N5O3S2/c1-12-15(28-18(21-12)14-5-3-2-4-6-14)11-29(26,27)19-23-22-17(13-7-8-13)24(19)10-9-16(20)25/h2-6,13H,7-11H2,1H3,(H2,20,25). The molecule has 8 nitrogen and oxygen atoms in total. The van der Waals surface area contributed by atoms with E-state index in [-0.39, 0.29) is 29.8 Å². The van der Waals surface area contributed by atoms with Crippen LogP contribution in [0.3, 0.4) is 0 Å². The maximum Gasteiger partial charge on any atom is 0.250 e. The number of rotatable bonds is 8. The van der Waals surface area contributed by atoms with Crippen molar-refractivity contribution >= 4 is 27.1 Å². The summed E-state index contributed by atoms with van der Waals surface area (Å²) >= 11 is 1.36. The fraction of sp³-hybridized carbons (Fsp3) is 0.368. The number of nitrogens with two attached hydrogens (primary N) is 1. The maximum atomic E-state index is 13.2. The van der Waals surface area contributed by atoms with E-state index < -0.39 is 15.7 Å². The first kappa shape index (κ1) is 19.7. The molecule has 1 aliphatic rings. The number of benzene rings is 1. The van der Waals surface area contributed by atoms with Crippen LogP contribution in [0.2, 0.25) is 0 Å². The van der Waals surface area contributed by atoms with Gasteiger partial charge in [0.25, 0.3) is 0 Å². The Labute approximate surface area is 172 Å². The quantitative estimate of drug-likeness (QED) is 0.585. The van der Waals surface area contributed by atoms with Crippen LogP contribution in [-0.2, 0) is 26.9 Å². The number of aromatic nitrogens is 4. The van der Waals surface area contributed by atoms with Gasteiger partial charge in [-0.1, -0.05) is 30.3 Å². The van der Waals surface area contributed by atoms with E-state index in [0.29, 0.717) is 16.4 Å². The minimum atomic E-state index is -3.76. The Kier molecular flexibility index (Phi) is 5.22. The SMILES string of the molecule is Cc1nc(-c2ccccc2)sc1CS(=O)(=O)c1nnc(C2CC2)n1CCC(N)=O. The lowest BCUT2D eigenvalue weighted by Gasteiger charge is -2.09. The van der Waals surface area contributed by atoms with Gasteiger partial charge < -0.3 is 10.3 Å². The molecule has 0 spiro atoms. The van der Waals surface area contributed by atoms with Crippen LogP contribution in [0.15, 0.2) is 35.5 Å². The molecule has 0 aliphatic heterocycles. The molecule has 0 saturated heterocycles. The first-order valence-electron chi connectivity index (χ1n) is 9.31. The van der Waals surface area contributed by atoms with E-state index in [2.05, 4.69) is 15.2 Å². The number of primary amides is 1. The highest BCUT2D eigenvalue weighted by Crippen LogP contribution is 2.40. The predicted octanol–water partition coefficient (Wildman–Crippen LogP) is 2.44. The van der Waals surface area contributed by atoms with Crippen LogP contribution in [0, 0.1) is 6.92 Å². The monoisotopic (exact) mass is 431 g/mol. The van der Waals surface area contributed by atoms with Crippen LogP contribution in [0.5, 0.6) is 0 Å². The van der Waals surface area contributed by atoms with Crippen molar-refractivity contribution in [1.29, 1.82) is 0 Å². The molecular weight excluding hydrogens is 410 g/mol. The van der Waals surface area contributed by atoms with Gasteiger partial charge >= 0.3 is 0 Å². The highest BCUT2D eigenvalue weighted by atomic mass is 32.2. The average Bonchev–Trinajstić information content (AvgIpc) is 3.33. The van der Waals surface area contributed by atoms with E-state index in [4.69, 9.17) is 5.73 Å². The first-order chi connectivity index (χ1) is 13.8. The fourth-order valence-corrected chi connectivity index (χ4v) is 6.04. The lowest BCUT2D eigenvalue weighted by Crippen LogP contribution is -2.19. The second kappa shape index (κ2) is 7.68. The van der Waals surface area contributed by atoms with Crippen molar-refractivity contribution in [3.8, 4) is 10.6 Å². The molecule has 2 aromatic heterocycles. The van der Waals surface area contributed by atoms with E-state index in [1.807, 2.05) is 30.3 Å². The lowest BCUT2D eigenvalue weighted by molar-refractivity contribution is -0.118. The average molecular weight is 432 g/mol. The minimum Gasteiger partial charge on any atom is -0.370 e. The molecular formula is C19H21N5O3S2. The van der Waals surface area contributed by atoms with Gasteiger partial charge in [0, 0.05) is 29.3 Å². The molecule has 2 heterocycles. The van der Waals surface area contributed by atoms with Crippen molar-refractivity contribution in [2.75, 3.05) is 0 Å². The zero-order chi connectivity index (χ0) is 20.6. The molecule has 0 atom stereocenters. The summed E-state index contributed by atoms with van der Waals surface area (Å²) in [5, 5.41) is 8.76. The number of hydrogen-bond donors (Lipinski definition) is 1. The summed E-state index contributed by atoms with van der Waals surface area (Å²) in [6, 6.07) is 9.65. The van der Waals surface area contributed by atoms with E-state index in [9.17, 15) is 13.2 Å². The maximum absolute atomic E-state index is 13.2. The van der Waals surface area contributed by atoms with Gasteiger partial charge in [-0.25, -0.2) is 13.4 Å². The summed E-state index contributed by atoms with van der Waals surface area (Å²) in [6.45, 7) is 1.97. The molecule has 10 heteroatoms. The van der Waals surface area contributed by atoms with Crippen molar-refractivity contribution in [2.24, 2.45) is 5.73 Å². The third kappa shape index (κ3) is 4.23. The van der Waals surface area contributed by atoms with Crippen molar-refractivity contribution < 1.29 is 13.2 Å². The number of nitrogens with zero attached hydrogens (tertiary/aromatic N) is 4. The van der Waals surface area contributed by atoms with Gasteiger partial charge in [0.2, 0.25) is 20.9 Å². The number of hydrogen-bond acceptors (Lipinski definition) is 7. The molecule has 0 radical (unpaired) electrons. The zero-order valence-electron chi connectivity index (χ0n) is 15.9. The summed E-state index contributed by atoms with van der Waals surface area (Å²) in [5.74, 6) is 0.127. The molecule has 1 saturated carbocycles. The number of sulfone groups is 1. The number of amides is 1. The third-order valence-electron chi connectivity index (χ3n) is 4.78. The lowest BCUT2D eigenvalue weighted by atomic mass is 10.2. The molecule has 2 N–H and O–H groups in total. The number of carbonyl (C=O) groups excluding carboxylic acids is 1. The van der Waals surface area contributed by atoms with Crippen molar-refractivity contribution in [3.63, 3.8) is 0 Å². The number of carbonyl (C=O) groups is 1. The first-order valence-corrected chi connectivity index (χ1v) is 11.8. The summed E-state index contributed by atoms with van der Waals surface area (Å²) in [7, 11) is -3.76. The van der Waals surface area contributed by atoms with Gasteiger partial charge in [-0.3, -0.25) is 4.79 Å². The zero-order valence-corrected chi connectivity index (χ0v) is 17.5. The molecule has 3 aromatic rings. The van der Waals surface area contributed by atoms with Crippen molar-refractivity contribution in [2.45, 2.75) is 49.6 Å². The minimum absolute atomic E-state index is 0.0397. The molecule has 1 fully saturated rings. The molecule has 1 amide bonds. The van der Waals surface area contributed by atoms with Gasteiger partial charge in [-0.05, 0) is 19.8 Å². The molecule has 0 bridgehead atoms.